The summed E-state index contributed by atoms with van der Waals surface area (Å²) in [5, 5.41) is 3.01. The van der Waals surface area contributed by atoms with Crippen LogP contribution in [0.2, 0.25) is 0 Å². The Kier molecular flexibility index (Phi) is 7.87. The molecule has 138 valence electrons. The lowest BCUT2D eigenvalue weighted by molar-refractivity contribution is -0.121. The van der Waals surface area contributed by atoms with Crippen molar-refractivity contribution in [1.29, 1.82) is 0 Å². The average Bonchev–Trinajstić information content (AvgIpc) is 2.67. The zero-order chi connectivity index (χ0) is 18.8. The SMILES string of the molecule is COc1ccc(C(=O)CCCC(=O)NC(C)CCc2ccccc2)cc1. The number of amides is 1. The molecular weight excluding hydrogens is 326 g/mol. The lowest BCUT2D eigenvalue weighted by atomic mass is 10.0. The highest BCUT2D eigenvalue weighted by Gasteiger charge is 2.10. The van der Waals surface area contributed by atoms with Crippen LogP contribution in [0.15, 0.2) is 54.6 Å². The molecule has 0 fully saturated rings. The molecule has 4 heteroatoms. The second-order valence-corrected chi connectivity index (χ2v) is 6.50. The molecule has 0 saturated carbocycles. The van der Waals surface area contributed by atoms with Crippen LogP contribution in [0.3, 0.4) is 0 Å². The third-order valence-electron chi connectivity index (χ3n) is 4.34. The van der Waals surface area contributed by atoms with Crippen LogP contribution in [0.5, 0.6) is 5.75 Å². The Morgan fingerprint density at radius 2 is 1.69 bits per heavy atom. The number of ketones is 1. The molecule has 0 aliphatic rings. The van der Waals surface area contributed by atoms with E-state index in [4.69, 9.17) is 4.74 Å². The molecule has 0 spiro atoms. The molecule has 2 rings (SSSR count). The van der Waals surface area contributed by atoms with Gasteiger partial charge in [0.2, 0.25) is 5.91 Å². The first-order valence-corrected chi connectivity index (χ1v) is 9.09. The Morgan fingerprint density at radius 1 is 1.00 bits per heavy atom. The van der Waals surface area contributed by atoms with E-state index in [0.717, 1.165) is 18.6 Å². The van der Waals surface area contributed by atoms with Crippen LogP contribution in [-0.4, -0.2) is 24.8 Å². The topological polar surface area (TPSA) is 55.4 Å². The molecule has 0 bridgehead atoms. The van der Waals surface area contributed by atoms with Crippen molar-refractivity contribution in [2.45, 2.75) is 45.1 Å². The van der Waals surface area contributed by atoms with Gasteiger partial charge in [-0.1, -0.05) is 30.3 Å². The van der Waals surface area contributed by atoms with Gasteiger partial charge in [-0.25, -0.2) is 0 Å². The van der Waals surface area contributed by atoms with Crippen LogP contribution in [0.1, 0.15) is 48.5 Å². The Morgan fingerprint density at radius 3 is 2.35 bits per heavy atom. The molecule has 4 nitrogen and oxygen atoms in total. The quantitative estimate of drug-likeness (QED) is 0.652. The van der Waals surface area contributed by atoms with Gasteiger partial charge in [-0.15, -0.1) is 0 Å². The molecule has 26 heavy (non-hydrogen) atoms. The zero-order valence-corrected chi connectivity index (χ0v) is 15.5. The lowest BCUT2D eigenvalue weighted by Gasteiger charge is -2.14. The molecule has 0 heterocycles. The van der Waals surface area contributed by atoms with Crippen molar-refractivity contribution in [3.63, 3.8) is 0 Å². The summed E-state index contributed by atoms with van der Waals surface area (Å²) in [6, 6.07) is 17.4. The van der Waals surface area contributed by atoms with E-state index >= 15 is 0 Å². The summed E-state index contributed by atoms with van der Waals surface area (Å²) < 4.78 is 5.08. The van der Waals surface area contributed by atoms with E-state index < -0.39 is 0 Å². The van der Waals surface area contributed by atoms with E-state index in [-0.39, 0.29) is 17.7 Å². The summed E-state index contributed by atoms with van der Waals surface area (Å²) >= 11 is 0. The number of methoxy groups -OCH3 is 1. The van der Waals surface area contributed by atoms with Crippen molar-refractivity contribution in [3.05, 3.63) is 65.7 Å². The molecule has 0 aliphatic carbocycles. The number of carbonyl (C=O) groups excluding carboxylic acids is 2. The number of aryl methyl sites for hydroxylation is 1. The summed E-state index contributed by atoms with van der Waals surface area (Å²) in [6.45, 7) is 2.02. The van der Waals surface area contributed by atoms with Crippen LogP contribution in [0, 0.1) is 0 Å². The molecule has 2 aromatic rings. The summed E-state index contributed by atoms with van der Waals surface area (Å²) in [6.07, 6.45) is 3.15. The fourth-order valence-electron chi connectivity index (χ4n) is 2.78. The number of rotatable bonds is 10. The molecule has 1 amide bonds. The highest BCUT2D eigenvalue weighted by Crippen LogP contribution is 2.14. The smallest absolute Gasteiger partial charge is 0.220 e. The summed E-state index contributed by atoms with van der Waals surface area (Å²) in [7, 11) is 1.59. The van der Waals surface area contributed by atoms with E-state index in [1.165, 1.54) is 5.56 Å². The van der Waals surface area contributed by atoms with E-state index in [1.807, 2.05) is 25.1 Å². The van der Waals surface area contributed by atoms with Crippen LogP contribution in [0.4, 0.5) is 0 Å². The summed E-state index contributed by atoms with van der Waals surface area (Å²) in [4.78, 5) is 24.2. The Hall–Kier alpha value is -2.62. The highest BCUT2D eigenvalue weighted by atomic mass is 16.5. The second-order valence-electron chi connectivity index (χ2n) is 6.50. The van der Waals surface area contributed by atoms with Gasteiger partial charge >= 0.3 is 0 Å². The second kappa shape index (κ2) is 10.4. The van der Waals surface area contributed by atoms with Gasteiger partial charge in [0.05, 0.1) is 7.11 Å². The maximum atomic E-state index is 12.1. The minimum absolute atomic E-state index is 0.00749. The van der Waals surface area contributed by atoms with Gasteiger partial charge in [0.15, 0.2) is 5.78 Å². The Bertz CT molecular complexity index is 695. The summed E-state index contributed by atoms with van der Waals surface area (Å²) in [5.74, 6) is 0.788. The van der Waals surface area contributed by atoms with E-state index in [9.17, 15) is 9.59 Å². The first-order chi connectivity index (χ1) is 12.6. The molecule has 0 saturated heterocycles. The number of carbonyl (C=O) groups is 2. The largest absolute Gasteiger partial charge is 0.497 e. The highest BCUT2D eigenvalue weighted by molar-refractivity contribution is 5.96. The Balaban J connectivity index is 1.65. The van der Waals surface area contributed by atoms with Crippen LogP contribution in [-0.2, 0) is 11.2 Å². The number of benzene rings is 2. The predicted molar refractivity (Wildman–Crippen MR) is 104 cm³/mol. The first-order valence-electron chi connectivity index (χ1n) is 9.09. The number of nitrogens with one attached hydrogen (secondary N) is 1. The number of ether oxygens (including phenoxy) is 1. The molecule has 0 radical (unpaired) electrons. The predicted octanol–water partition coefficient (Wildman–Crippen LogP) is 4.19. The van der Waals surface area contributed by atoms with Gasteiger partial charge in [0, 0.05) is 24.4 Å². The minimum Gasteiger partial charge on any atom is -0.497 e. The molecule has 1 atom stereocenters. The van der Waals surface area contributed by atoms with E-state index in [1.54, 1.807) is 31.4 Å². The third kappa shape index (κ3) is 6.71. The van der Waals surface area contributed by atoms with Crippen molar-refractivity contribution in [1.82, 2.24) is 5.32 Å². The molecule has 0 aliphatic heterocycles. The monoisotopic (exact) mass is 353 g/mol. The van der Waals surface area contributed by atoms with Crippen LogP contribution >= 0.6 is 0 Å². The molecule has 1 unspecified atom stereocenters. The Labute approximate surface area is 155 Å². The number of hydrogen-bond acceptors (Lipinski definition) is 3. The molecule has 2 aromatic carbocycles. The summed E-state index contributed by atoms with van der Waals surface area (Å²) in [5.41, 5.74) is 1.93. The lowest BCUT2D eigenvalue weighted by Crippen LogP contribution is -2.32. The molecule has 1 N–H and O–H groups in total. The van der Waals surface area contributed by atoms with Crippen molar-refractivity contribution in [2.24, 2.45) is 0 Å². The van der Waals surface area contributed by atoms with Crippen LogP contribution in [0.25, 0.3) is 0 Å². The standard InChI is InChI=1S/C22H27NO3/c1-17(11-12-18-7-4-3-5-8-18)23-22(25)10-6-9-21(24)19-13-15-20(26-2)16-14-19/h3-5,7-8,13-17H,6,9-12H2,1-2H3,(H,23,25). The molecular formula is C22H27NO3. The maximum absolute atomic E-state index is 12.1. The first kappa shape index (κ1) is 19.7. The average molecular weight is 353 g/mol. The van der Waals surface area contributed by atoms with Crippen molar-refractivity contribution in [2.75, 3.05) is 7.11 Å². The fraction of sp³-hybridized carbons (Fsp3) is 0.364. The molecule has 0 aromatic heterocycles. The van der Waals surface area contributed by atoms with Crippen molar-refractivity contribution >= 4 is 11.7 Å². The van der Waals surface area contributed by atoms with E-state index in [2.05, 4.69) is 17.4 Å². The van der Waals surface area contributed by atoms with E-state index in [0.29, 0.717) is 24.8 Å². The van der Waals surface area contributed by atoms with Gasteiger partial charge in [-0.3, -0.25) is 9.59 Å². The zero-order valence-electron chi connectivity index (χ0n) is 15.5. The van der Waals surface area contributed by atoms with Gasteiger partial charge < -0.3 is 10.1 Å². The van der Waals surface area contributed by atoms with Gasteiger partial charge in [-0.2, -0.15) is 0 Å². The van der Waals surface area contributed by atoms with Gasteiger partial charge in [-0.05, 0) is 56.0 Å². The van der Waals surface area contributed by atoms with Crippen molar-refractivity contribution in [3.8, 4) is 5.75 Å². The van der Waals surface area contributed by atoms with Gasteiger partial charge in [0.1, 0.15) is 5.75 Å². The van der Waals surface area contributed by atoms with Crippen molar-refractivity contribution < 1.29 is 14.3 Å². The normalized spacial score (nSPS) is 11.6. The van der Waals surface area contributed by atoms with Crippen LogP contribution < -0.4 is 10.1 Å². The maximum Gasteiger partial charge on any atom is 0.220 e. The fourth-order valence-corrected chi connectivity index (χ4v) is 2.78. The van der Waals surface area contributed by atoms with Gasteiger partial charge in [0.25, 0.3) is 0 Å². The number of hydrogen-bond donors (Lipinski definition) is 1. The third-order valence-corrected chi connectivity index (χ3v) is 4.34. The minimum atomic E-state index is 0.00749. The number of Topliss-reactive ketones (excluding diaryl/α,β-unsaturated/α-hetero) is 1.